The molecule has 1 amide bonds. The lowest BCUT2D eigenvalue weighted by molar-refractivity contribution is -0.138. The molecule has 128 valence electrons. The number of ether oxygens (including phenoxy) is 1. The van der Waals surface area contributed by atoms with E-state index in [1.54, 1.807) is 20.8 Å². The lowest BCUT2D eigenvalue weighted by Crippen LogP contribution is -2.50. The van der Waals surface area contributed by atoms with E-state index in [2.05, 4.69) is 10.3 Å². The van der Waals surface area contributed by atoms with Crippen LogP contribution in [0, 0.1) is 0 Å². The molecule has 1 saturated heterocycles. The molecule has 2 rings (SSSR count). The molecule has 1 aliphatic rings. The summed E-state index contributed by atoms with van der Waals surface area (Å²) in [6.07, 6.45) is -2.88. The minimum Gasteiger partial charge on any atom is -0.444 e. The maximum Gasteiger partial charge on any atom is 0.418 e. The average molecular weight is 331 g/mol. The van der Waals surface area contributed by atoms with Gasteiger partial charge < -0.3 is 15.0 Å². The number of nitrogens with zero attached hydrogens (tertiary/aromatic N) is 2. The molecule has 0 bridgehead atoms. The molecule has 0 aliphatic carbocycles. The van der Waals surface area contributed by atoms with E-state index >= 15 is 0 Å². The first kappa shape index (κ1) is 17.5. The Balaban J connectivity index is 2.18. The maximum atomic E-state index is 13.1. The molecule has 1 fully saturated rings. The van der Waals surface area contributed by atoms with Crippen LogP contribution in [0.5, 0.6) is 0 Å². The Morgan fingerprint density at radius 3 is 2.70 bits per heavy atom. The summed E-state index contributed by atoms with van der Waals surface area (Å²) in [6.45, 7) is 6.13. The van der Waals surface area contributed by atoms with E-state index in [-0.39, 0.29) is 12.1 Å². The highest BCUT2D eigenvalue weighted by Gasteiger charge is 2.37. The van der Waals surface area contributed by atoms with E-state index in [1.807, 2.05) is 0 Å². The van der Waals surface area contributed by atoms with Crippen molar-refractivity contribution in [3.05, 3.63) is 29.6 Å². The number of aromatic nitrogens is 1. The molecule has 0 radical (unpaired) electrons. The molecule has 1 aliphatic heterocycles. The van der Waals surface area contributed by atoms with Crippen LogP contribution in [-0.4, -0.2) is 41.2 Å². The SMILES string of the molecule is CC(C)(C)OC(=O)N1CCNC(c2ccncc2C(F)(F)F)C1. The zero-order valence-electron chi connectivity index (χ0n) is 13.3. The number of carbonyl (C=O) groups is 1. The molecular formula is C15H20F3N3O2. The molecule has 5 nitrogen and oxygen atoms in total. The first-order valence-electron chi connectivity index (χ1n) is 7.30. The Morgan fingerprint density at radius 1 is 1.39 bits per heavy atom. The second-order valence-corrected chi connectivity index (χ2v) is 6.39. The summed E-state index contributed by atoms with van der Waals surface area (Å²) < 4.78 is 44.6. The molecule has 1 N–H and O–H groups in total. The summed E-state index contributed by atoms with van der Waals surface area (Å²) in [5, 5.41) is 3.02. The Labute approximate surface area is 132 Å². The number of hydrogen-bond donors (Lipinski definition) is 1. The number of halogens is 3. The standard InChI is InChI=1S/C15H20F3N3O2/c1-14(2,3)23-13(22)21-7-6-20-12(9-21)10-4-5-19-8-11(10)15(16,17)18/h4-5,8,12,20H,6-7,9H2,1-3H3. The van der Waals surface area contributed by atoms with Crippen LogP contribution >= 0.6 is 0 Å². The Hall–Kier alpha value is -1.83. The van der Waals surface area contributed by atoms with Crippen molar-refractivity contribution in [3.63, 3.8) is 0 Å². The summed E-state index contributed by atoms with van der Waals surface area (Å²) in [4.78, 5) is 17.1. The molecule has 8 heteroatoms. The van der Waals surface area contributed by atoms with Gasteiger partial charge in [0.15, 0.2) is 0 Å². The predicted molar refractivity (Wildman–Crippen MR) is 77.8 cm³/mol. The van der Waals surface area contributed by atoms with Crippen LogP contribution in [-0.2, 0) is 10.9 Å². The van der Waals surface area contributed by atoms with Gasteiger partial charge in [0.05, 0.1) is 11.6 Å². The van der Waals surface area contributed by atoms with Gasteiger partial charge in [-0.25, -0.2) is 4.79 Å². The van der Waals surface area contributed by atoms with Gasteiger partial charge in [-0.2, -0.15) is 13.2 Å². The summed E-state index contributed by atoms with van der Waals surface area (Å²) in [5.41, 5.74) is -1.35. The normalized spacial score (nSPS) is 19.6. The van der Waals surface area contributed by atoms with Gasteiger partial charge in [0.1, 0.15) is 5.60 Å². The zero-order chi connectivity index (χ0) is 17.3. The fourth-order valence-electron chi connectivity index (χ4n) is 2.40. The van der Waals surface area contributed by atoms with Gasteiger partial charge in [-0.1, -0.05) is 0 Å². The molecule has 0 spiro atoms. The fourth-order valence-corrected chi connectivity index (χ4v) is 2.40. The highest BCUT2D eigenvalue weighted by Crippen LogP contribution is 2.34. The number of nitrogens with one attached hydrogen (secondary N) is 1. The third-order valence-electron chi connectivity index (χ3n) is 3.36. The van der Waals surface area contributed by atoms with Crippen molar-refractivity contribution in [3.8, 4) is 0 Å². The van der Waals surface area contributed by atoms with Crippen molar-refractivity contribution < 1.29 is 22.7 Å². The number of pyridine rings is 1. The van der Waals surface area contributed by atoms with Crippen LogP contribution in [0.2, 0.25) is 0 Å². The summed E-state index contributed by atoms with van der Waals surface area (Å²) in [7, 11) is 0. The first-order valence-corrected chi connectivity index (χ1v) is 7.30. The van der Waals surface area contributed by atoms with Gasteiger partial charge >= 0.3 is 12.3 Å². The maximum absolute atomic E-state index is 13.1. The Morgan fingerprint density at radius 2 is 2.09 bits per heavy atom. The number of alkyl halides is 3. The lowest BCUT2D eigenvalue weighted by Gasteiger charge is -2.35. The van der Waals surface area contributed by atoms with Crippen molar-refractivity contribution in [2.24, 2.45) is 0 Å². The van der Waals surface area contributed by atoms with Crippen LogP contribution in [0.25, 0.3) is 0 Å². The van der Waals surface area contributed by atoms with Crippen molar-refractivity contribution >= 4 is 6.09 Å². The van der Waals surface area contributed by atoms with Crippen LogP contribution < -0.4 is 5.32 Å². The molecule has 23 heavy (non-hydrogen) atoms. The lowest BCUT2D eigenvalue weighted by atomic mass is 10.0. The summed E-state index contributed by atoms with van der Waals surface area (Å²) >= 11 is 0. The van der Waals surface area contributed by atoms with Crippen LogP contribution in [0.1, 0.15) is 37.9 Å². The monoisotopic (exact) mass is 331 g/mol. The topological polar surface area (TPSA) is 54.5 Å². The van der Waals surface area contributed by atoms with E-state index in [4.69, 9.17) is 4.74 Å². The number of amides is 1. The smallest absolute Gasteiger partial charge is 0.418 e. The largest absolute Gasteiger partial charge is 0.444 e. The third-order valence-corrected chi connectivity index (χ3v) is 3.36. The van der Waals surface area contributed by atoms with Crippen LogP contribution in [0.3, 0.4) is 0 Å². The van der Waals surface area contributed by atoms with Gasteiger partial charge in [-0.15, -0.1) is 0 Å². The van der Waals surface area contributed by atoms with E-state index in [1.165, 1.54) is 17.2 Å². The van der Waals surface area contributed by atoms with Crippen LogP contribution in [0.4, 0.5) is 18.0 Å². The Bertz CT molecular complexity index is 570. The van der Waals surface area contributed by atoms with Gasteiger partial charge in [-0.05, 0) is 32.4 Å². The number of piperazine rings is 1. The van der Waals surface area contributed by atoms with E-state index in [0.717, 1.165) is 6.20 Å². The minimum absolute atomic E-state index is 0.0840. The molecule has 0 saturated carbocycles. The molecule has 1 atom stereocenters. The van der Waals surface area contributed by atoms with Crippen molar-refractivity contribution in [2.75, 3.05) is 19.6 Å². The fraction of sp³-hybridized carbons (Fsp3) is 0.600. The summed E-state index contributed by atoms with van der Waals surface area (Å²) in [5.74, 6) is 0. The van der Waals surface area contributed by atoms with Gasteiger partial charge in [0.2, 0.25) is 0 Å². The quantitative estimate of drug-likeness (QED) is 0.859. The molecule has 0 aromatic carbocycles. The van der Waals surface area contributed by atoms with E-state index in [0.29, 0.717) is 13.1 Å². The van der Waals surface area contributed by atoms with Gasteiger partial charge in [0, 0.05) is 32.0 Å². The molecule has 1 unspecified atom stereocenters. The molecular weight excluding hydrogens is 311 g/mol. The van der Waals surface area contributed by atoms with Crippen LogP contribution in [0.15, 0.2) is 18.5 Å². The highest BCUT2D eigenvalue weighted by molar-refractivity contribution is 5.68. The number of hydrogen-bond acceptors (Lipinski definition) is 4. The number of carbonyl (C=O) groups excluding carboxylic acids is 1. The highest BCUT2D eigenvalue weighted by atomic mass is 19.4. The Kier molecular flexibility index (Phi) is 4.84. The van der Waals surface area contributed by atoms with Crippen molar-refractivity contribution in [1.29, 1.82) is 0 Å². The van der Waals surface area contributed by atoms with E-state index < -0.39 is 29.5 Å². The van der Waals surface area contributed by atoms with E-state index in [9.17, 15) is 18.0 Å². The second kappa shape index (κ2) is 6.35. The first-order chi connectivity index (χ1) is 10.6. The molecule has 1 aromatic heterocycles. The molecule has 1 aromatic rings. The summed E-state index contributed by atoms with van der Waals surface area (Å²) in [6, 6.07) is 0.718. The van der Waals surface area contributed by atoms with Gasteiger partial charge in [0.25, 0.3) is 0 Å². The minimum atomic E-state index is -4.49. The van der Waals surface area contributed by atoms with Crippen molar-refractivity contribution in [1.82, 2.24) is 15.2 Å². The predicted octanol–water partition coefficient (Wildman–Crippen LogP) is 2.98. The third kappa shape index (κ3) is 4.57. The zero-order valence-corrected chi connectivity index (χ0v) is 13.3. The average Bonchev–Trinajstić information content (AvgIpc) is 2.45. The van der Waals surface area contributed by atoms with Gasteiger partial charge in [-0.3, -0.25) is 4.98 Å². The number of rotatable bonds is 1. The second-order valence-electron chi connectivity index (χ2n) is 6.39. The molecule has 2 heterocycles. The van der Waals surface area contributed by atoms with Crippen molar-refractivity contribution in [2.45, 2.75) is 38.6 Å².